The van der Waals surface area contributed by atoms with Gasteiger partial charge >= 0.3 is 0 Å². The van der Waals surface area contributed by atoms with Crippen LogP contribution in [0.15, 0.2) is 0 Å². The van der Waals surface area contributed by atoms with Crippen LogP contribution in [0.25, 0.3) is 0 Å². The number of ketones is 1. The third-order valence-electron chi connectivity index (χ3n) is 3.38. The van der Waals surface area contributed by atoms with Gasteiger partial charge < -0.3 is 4.90 Å². The zero-order valence-corrected chi connectivity index (χ0v) is 10.5. The van der Waals surface area contributed by atoms with Crippen molar-refractivity contribution in [3.8, 4) is 0 Å². The van der Waals surface area contributed by atoms with Gasteiger partial charge in [0.15, 0.2) is 5.78 Å². The van der Waals surface area contributed by atoms with Gasteiger partial charge in [0.25, 0.3) is 0 Å². The summed E-state index contributed by atoms with van der Waals surface area (Å²) in [4.78, 5) is 24.9. The Hall–Kier alpha value is -0.860. The molecule has 0 aromatic heterocycles. The number of carbonyl (C=O) groups is 2. The van der Waals surface area contributed by atoms with E-state index in [1.54, 1.807) is 18.7 Å². The number of rotatable bonds is 1. The highest BCUT2D eigenvalue weighted by molar-refractivity contribution is 5.86. The van der Waals surface area contributed by atoms with Crippen LogP contribution in [0.1, 0.15) is 58.8 Å². The number of hydrogen-bond donors (Lipinski definition) is 0. The van der Waals surface area contributed by atoms with E-state index in [0.717, 1.165) is 25.8 Å². The normalized spacial score (nSPS) is 23.9. The Morgan fingerprint density at radius 3 is 2.06 bits per heavy atom. The van der Waals surface area contributed by atoms with E-state index in [1.165, 1.54) is 25.7 Å². The maximum atomic E-state index is 11.6. The average Bonchev–Trinajstić information content (AvgIpc) is 2.24. The largest absolute Gasteiger partial charge is 0.333 e. The molecule has 1 atom stereocenters. The molecule has 0 spiro atoms. The first-order valence-corrected chi connectivity index (χ1v) is 6.40. The van der Waals surface area contributed by atoms with E-state index in [4.69, 9.17) is 0 Å². The Bertz CT molecular complexity index is 224. The molecule has 1 fully saturated rings. The van der Waals surface area contributed by atoms with Crippen molar-refractivity contribution in [2.45, 2.75) is 64.8 Å². The van der Waals surface area contributed by atoms with E-state index < -0.39 is 0 Å². The van der Waals surface area contributed by atoms with Crippen molar-refractivity contribution in [1.29, 1.82) is 0 Å². The molecule has 92 valence electrons. The lowest BCUT2D eigenvalue weighted by Crippen LogP contribution is -2.43. The molecule has 1 aliphatic rings. The van der Waals surface area contributed by atoms with Crippen molar-refractivity contribution < 1.29 is 9.59 Å². The van der Waals surface area contributed by atoms with Gasteiger partial charge in [-0.25, -0.2) is 0 Å². The van der Waals surface area contributed by atoms with Gasteiger partial charge in [-0.3, -0.25) is 9.59 Å². The monoisotopic (exact) mass is 225 g/mol. The van der Waals surface area contributed by atoms with Crippen LogP contribution in [0.2, 0.25) is 0 Å². The summed E-state index contributed by atoms with van der Waals surface area (Å²) < 4.78 is 0. The molecule has 0 saturated carbocycles. The third kappa shape index (κ3) is 3.95. The summed E-state index contributed by atoms with van der Waals surface area (Å²) in [6.45, 7) is 3.92. The van der Waals surface area contributed by atoms with Gasteiger partial charge in [0, 0.05) is 13.5 Å². The molecule has 3 heteroatoms. The first-order valence-electron chi connectivity index (χ1n) is 6.40. The Morgan fingerprint density at radius 2 is 1.50 bits per heavy atom. The Balaban J connectivity index is 2.68. The number of amides is 1. The zero-order chi connectivity index (χ0) is 12.0. The van der Waals surface area contributed by atoms with Crippen molar-refractivity contribution in [1.82, 2.24) is 4.90 Å². The van der Waals surface area contributed by atoms with Crippen molar-refractivity contribution in [2.24, 2.45) is 0 Å². The molecule has 0 bridgehead atoms. The smallest absolute Gasteiger partial charge is 0.220 e. The lowest BCUT2D eigenvalue weighted by atomic mass is 9.99. The van der Waals surface area contributed by atoms with Gasteiger partial charge in [-0.2, -0.15) is 0 Å². The van der Waals surface area contributed by atoms with Crippen LogP contribution in [0.5, 0.6) is 0 Å². The molecule has 1 heterocycles. The second kappa shape index (κ2) is 6.66. The Kier molecular flexibility index (Phi) is 5.50. The summed E-state index contributed by atoms with van der Waals surface area (Å²) in [6, 6.07) is -0.171. The van der Waals surface area contributed by atoms with E-state index in [1.807, 2.05) is 0 Å². The van der Waals surface area contributed by atoms with Gasteiger partial charge in [0.05, 0.1) is 6.04 Å². The van der Waals surface area contributed by atoms with Crippen LogP contribution in [-0.4, -0.2) is 29.2 Å². The second-order valence-electron chi connectivity index (χ2n) is 4.75. The zero-order valence-electron chi connectivity index (χ0n) is 10.5. The fourth-order valence-corrected chi connectivity index (χ4v) is 2.44. The van der Waals surface area contributed by atoms with E-state index >= 15 is 0 Å². The maximum absolute atomic E-state index is 11.6. The lowest BCUT2D eigenvalue weighted by molar-refractivity contribution is -0.137. The van der Waals surface area contributed by atoms with Crippen LogP contribution in [0.3, 0.4) is 0 Å². The summed E-state index contributed by atoms with van der Waals surface area (Å²) in [7, 11) is 0. The summed E-state index contributed by atoms with van der Waals surface area (Å²) in [5, 5.41) is 0. The van der Waals surface area contributed by atoms with Gasteiger partial charge in [-0.1, -0.05) is 32.1 Å². The first-order chi connectivity index (χ1) is 7.63. The Morgan fingerprint density at radius 1 is 0.938 bits per heavy atom. The SMILES string of the molecule is CC(=O)[C@@H]1CCCCCCCCN1C(C)=O. The molecule has 0 radical (unpaired) electrons. The quantitative estimate of drug-likeness (QED) is 0.687. The molecule has 16 heavy (non-hydrogen) atoms. The predicted octanol–water partition coefficient (Wildman–Crippen LogP) is 2.54. The number of hydrogen-bond acceptors (Lipinski definition) is 2. The molecule has 0 unspecified atom stereocenters. The second-order valence-corrected chi connectivity index (χ2v) is 4.75. The summed E-state index contributed by atoms with van der Waals surface area (Å²) in [5.74, 6) is 0.177. The molecule has 3 nitrogen and oxygen atoms in total. The third-order valence-corrected chi connectivity index (χ3v) is 3.38. The number of Topliss-reactive ketones (excluding diaryl/α,β-unsaturated/α-hetero) is 1. The van der Waals surface area contributed by atoms with Gasteiger partial charge in [-0.15, -0.1) is 0 Å². The molecule has 1 rings (SSSR count). The van der Waals surface area contributed by atoms with E-state index in [2.05, 4.69) is 0 Å². The highest BCUT2D eigenvalue weighted by atomic mass is 16.2. The molecule has 1 saturated heterocycles. The molecule has 0 N–H and O–H groups in total. The van der Waals surface area contributed by atoms with Crippen molar-refractivity contribution in [3.05, 3.63) is 0 Å². The summed E-state index contributed by atoms with van der Waals surface area (Å²) >= 11 is 0. The van der Waals surface area contributed by atoms with Gasteiger partial charge in [0.1, 0.15) is 0 Å². The van der Waals surface area contributed by atoms with Crippen LogP contribution in [0, 0.1) is 0 Å². The van der Waals surface area contributed by atoms with Crippen LogP contribution in [-0.2, 0) is 9.59 Å². The predicted molar refractivity (Wildman–Crippen MR) is 64.2 cm³/mol. The van der Waals surface area contributed by atoms with E-state index in [-0.39, 0.29) is 17.7 Å². The highest BCUT2D eigenvalue weighted by Crippen LogP contribution is 2.17. The molecule has 0 aromatic rings. The highest BCUT2D eigenvalue weighted by Gasteiger charge is 2.24. The fraction of sp³-hybridized carbons (Fsp3) is 0.846. The van der Waals surface area contributed by atoms with Crippen molar-refractivity contribution in [3.63, 3.8) is 0 Å². The van der Waals surface area contributed by atoms with Crippen molar-refractivity contribution >= 4 is 11.7 Å². The number of nitrogens with zero attached hydrogens (tertiary/aromatic N) is 1. The standard InChI is InChI=1S/C13H23NO2/c1-11(15)13-9-7-5-3-4-6-8-10-14(13)12(2)16/h13H,3-10H2,1-2H3/t13-/m0/s1. The Labute approximate surface area is 98.2 Å². The minimum atomic E-state index is -0.171. The molecule has 1 amide bonds. The molecule has 1 aliphatic heterocycles. The first kappa shape index (κ1) is 13.2. The van der Waals surface area contributed by atoms with Crippen LogP contribution in [0.4, 0.5) is 0 Å². The molecule has 0 aliphatic carbocycles. The average molecular weight is 225 g/mol. The van der Waals surface area contributed by atoms with E-state index in [0.29, 0.717) is 0 Å². The van der Waals surface area contributed by atoms with Crippen LogP contribution >= 0.6 is 0 Å². The minimum Gasteiger partial charge on any atom is -0.333 e. The topological polar surface area (TPSA) is 37.4 Å². The van der Waals surface area contributed by atoms with Crippen LogP contribution < -0.4 is 0 Å². The van der Waals surface area contributed by atoms with Crippen molar-refractivity contribution in [2.75, 3.05) is 6.54 Å². The summed E-state index contributed by atoms with van der Waals surface area (Å²) in [5.41, 5.74) is 0. The molecular formula is C13H23NO2. The number of carbonyl (C=O) groups excluding carboxylic acids is 2. The molecular weight excluding hydrogens is 202 g/mol. The summed E-state index contributed by atoms with van der Waals surface area (Å²) in [6.07, 6.45) is 7.83. The van der Waals surface area contributed by atoms with E-state index in [9.17, 15) is 9.59 Å². The molecule has 0 aromatic carbocycles. The van der Waals surface area contributed by atoms with Gasteiger partial charge in [0.2, 0.25) is 5.91 Å². The minimum absolute atomic E-state index is 0.0424. The fourth-order valence-electron chi connectivity index (χ4n) is 2.44. The lowest BCUT2D eigenvalue weighted by Gasteiger charge is -2.30. The van der Waals surface area contributed by atoms with Gasteiger partial charge in [-0.05, 0) is 19.8 Å². The maximum Gasteiger partial charge on any atom is 0.220 e.